The largest absolute Gasteiger partial charge is 0.466 e. The lowest BCUT2D eigenvalue weighted by Crippen LogP contribution is -2.61. The van der Waals surface area contributed by atoms with Gasteiger partial charge in [0.1, 0.15) is 5.60 Å². The van der Waals surface area contributed by atoms with Gasteiger partial charge in [0, 0.05) is 6.42 Å². The number of unbranched alkanes of at least 4 members (excludes halogenated alkanes) is 4. The predicted molar refractivity (Wildman–Crippen MR) is 171 cm³/mol. The second-order valence-corrected chi connectivity index (χ2v) is 17.4. The summed E-state index contributed by atoms with van der Waals surface area (Å²) in [6.07, 6.45) is 19.4. The summed E-state index contributed by atoms with van der Waals surface area (Å²) in [4.78, 5) is 12.4. The van der Waals surface area contributed by atoms with E-state index >= 15 is 0 Å². The monoisotopic (exact) mass is 586 g/mol. The zero-order valence-electron chi connectivity index (χ0n) is 29.0. The molecule has 1 spiro atoms. The molecule has 3 saturated carbocycles. The first kappa shape index (κ1) is 32.8. The van der Waals surface area contributed by atoms with E-state index in [0.717, 1.165) is 43.4 Å². The zero-order valence-corrected chi connectivity index (χ0v) is 29.0. The van der Waals surface area contributed by atoms with Crippen molar-refractivity contribution < 1.29 is 19.0 Å². The van der Waals surface area contributed by atoms with Crippen LogP contribution in [0.15, 0.2) is 0 Å². The van der Waals surface area contributed by atoms with E-state index < -0.39 is 0 Å². The van der Waals surface area contributed by atoms with Crippen LogP contribution in [0.2, 0.25) is 0 Å². The molecule has 0 aromatic rings. The molecule has 0 aromatic carbocycles. The Morgan fingerprint density at radius 1 is 0.857 bits per heavy atom. The van der Waals surface area contributed by atoms with E-state index in [9.17, 15) is 4.79 Å². The molecular formula is C38H66O4. The molecule has 0 bridgehead atoms. The summed E-state index contributed by atoms with van der Waals surface area (Å²) in [7, 11) is 0. The Labute approximate surface area is 259 Å². The van der Waals surface area contributed by atoms with Crippen molar-refractivity contribution in [2.24, 2.45) is 39.9 Å². The van der Waals surface area contributed by atoms with E-state index in [1.807, 2.05) is 0 Å². The number of rotatable bonds is 14. The van der Waals surface area contributed by atoms with Gasteiger partial charge in [-0.25, -0.2) is 0 Å². The molecule has 5 aliphatic rings. The topological polar surface area (TPSA) is 51.4 Å². The van der Waals surface area contributed by atoms with Crippen molar-refractivity contribution in [1.29, 1.82) is 0 Å². The van der Waals surface area contributed by atoms with E-state index in [-0.39, 0.29) is 28.2 Å². The number of epoxide rings is 2. The molecule has 242 valence electrons. The average molecular weight is 587 g/mol. The molecule has 4 heteroatoms. The van der Waals surface area contributed by atoms with Gasteiger partial charge >= 0.3 is 5.97 Å². The maximum Gasteiger partial charge on any atom is 0.305 e. The summed E-state index contributed by atoms with van der Waals surface area (Å²) in [6.45, 7) is 22.5. The number of hydrogen-bond acceptors (Lipinski definition) is 4. The quantitative estimate of drug-likeness (QED) is 0.115. The van der Waals surface area contributed by atoms with Crippen molar-refractivity contribution in [2.75, 3.05) is 6.61 Å². The van der Waals surface area contributed by atoms with E-state index in [1.54, 1.807) is 0 Å². The van der Waals surface area contributed by atoms with Gasteiger partial charge in [-0.1, -0.05) is 60.3 Å². The SMILES string of the molecule is CCCCCCCC(=O)OCCC[C@H]1[C@]2(C)CC[C@@]3(C)[C@H]([C@@H](C)CC[C@@H]4OC4(C)C)CC[C@]3(C)[C@H]2CC[C@]12OC2(C)C. The average Bonchev–Trinajstić information content (AvgIpc) is 3.67. The van der Waals surface area contributed by atoms with Crippen LogP contribution in [0.25, 0.3) is 0 Å². The van der Waals surface area contributed by atoms with Gasteiger partial charge in [0.2, 0.25) is 0 Å². The maximum absolute atomic E-state index is 12.4. The molecule has 2 aliphatic heterocycles. The molecule has 2 saturated heterocycles. The highest BCUT2D eigenvalue weighted by molar-refractivity contribution is 5.69. The highest BCUT2D eigenvalue weighted by atomic mass is 16.6. The Morgan fingerprint density at radius 3 is 2.19 bits per heavy atom. The fraction of sp³-hybridized carbons (Fsp3) is 0.974. The molecule has 0 aromatic heterocycles. The van der Waals surface area contributed by atoms with Gasteiger partial charge in [-0.05, 0) is 138 Å². The van der Waals surface area contributed by atoms with Gasteiger partial charge in [0.05, 0.1) is 23.9 Å². The van der Waals surface area contributed by atoms with Gasteiger partial charge in [0.25, 0.3) is 0 Å². The lowest BCUT2D eigenvalue weighted by molar-refractivity contribution is -0.173. The van der Waals surface area contributed by atoms with Crippen LogP contribution in [0, 0.1) is 39.9 Å². The first-order valence-corrected chi connectivity index (χ1v) is 18.2. The van der Waals surface area contributed by atoms with Crippen molar-refractivity contribution in [1.82, 2.24) is 0 Å². The van der Waals surface area contributed by atoms with E-state index in [4.69, 9.17) is 14.2 Å². The first-order valence-electron chi connectivity index (χ1n) is 18.2. The molecule has 5 fully saturated rings. The van der Waals surface area contributed by atoms with E-state index in [2.05, 4.69) is 62.3 Å². The van der Waals surface area contributed by atoms with Crippen LogP contribution in [-0.4, -0.2) is 35.5 Å². The van der Waals surface area contributed by atoms with Crippen LogP contribution in [0.1, 0.15) is 165 Å². The van der Waals surface area contributed by atoms with Gasteiger partial charge in [-0.3, -0.25) is 4.79 Å². The van der Waals surface area contributed by atoms with Gasteiger partial charge in [-0.15, -0.1) is 0 Å². The molecule has 9 atom stereocenters. The Bertz CT molecular complexity index is 972. The van der Waals surface area contributed by atoms with Crippen LogP contribution in [0.3, 0.4) is 0 Å². The molecule has 5 rings (SSSR count). The lowest BCUT2D eigenvalue weighted by Gasteiger charge is -2.65. The molecule has 0 radical (unpaired) electrons. The van der Waals surface area contributed by atoms with Crippen molar-refractivity contribution >= 4 is 5.97 Å². The summed E-state index contributed by atoms with van der Waals surface area (Å²) in [5, 5.41) is 0. The highest BCUT2D eigenvalue weighted by Gasteiger charge is 2.76. The second-order valence-electron chi connectivity index (χ2n) is 17.4. The van der Waals surface area contributed by atoms with Crippen molar-refractivity contribution in [2.45, 2.75) is 188 Å². The van der Waals surface area contributed by atoms with Gasteiger partial charge < -0.3 is 14.2 Å². The zero-order chi connectivity index (χ0) is 30.6. The number of carbonyl (C=O) groups excluding carboxylic acids is 1. The molecule has 2 heterocycles. The summed E-state index contributed by atoms with van der Waals surface area (Å²) in [5.41, 5.74) is 1.17. The summed E-state index contributed by atoms with van der Waals surface area (Å²) < 4.78 is 18.4. The fourth-order valence-corrected chi connectivity index (χ4v) is 11.6. The Balaban J connectivity index is 1.23. The fourth-order valence-electron chi connectivity index (χ4n) is 11.6. The molecule has 0 unspecified atom stereocenters. The minimum Gasteiger partial charge on any atom is -0.466 e. The third-order valence-electron chi connectivity index (χ3n) is 14.5. The van der Waals surface area contributed by atoms with Crippen molar-refractivity contribution in [3.63, 3.8) is 0 Å². The summed E-state index contributed by atoms with van der Waals surface area (Å²) >= 11 is 0. The Kier molecular flexibility index (Phi) is 9.08. The molecule has 0 N–H and O–H groups in total. The standard InChI is InChI=1S/C38H66O4/c1-10-11-12-13-14-17-32(39)40-26-15-16-30-35(7)24-25-36(8)28(27(2)18-19-31-33(3,4)41-31)20-22-37(36,9)29(35)21-23-38(30)34(5,6)42-38/h27-31H,10-26H2,1-9H3/t27-,28-,29-,30-,31-,35+,36-,37+,38-/m0/s1. The highest BCUT2D eigenvalue weighted by Crippen LogP contribution is 2.77. The summed E-state index contributed by atoms with van der Waals surface area (Å²) in [5.74, 6) is 2.87. The Morgan fingerprint density at radius 2 is 1.55 bits per heavy atom. The Hall–Kier alpha value is -0.610. The van der Waals surface area contributed by atoms with Crippen LogP contribution >= 0.6 is 0 Å². The number of hydrogen-bond donors (Lipinski definition) is 0. The van der Waals surface area contributed by atoms with E-state index in [0.29, 0.717) is 35.9 Å². The third kappa shape index (κ3) is 5.54. The van der Waals surface area contributed by atoms with Gasteiger partial charge in [-0.2, -0.15) is 0 Å². The maximum atomic E-state index is 12.4. The smallest absolute Gasteiger partial charge is 0.305 e. The molecule has 42 heavy (non-hydrogen) atoms. The molecule has 3 aliphatic carbocycles. The minimum atomic E-state index is -0.0339. The van der Waals surface area contributed by atoms with Crippen LogP contribution in [0.4, 0.5) is 0 Å². The molecule has 0 amide bonds. The van der Waals surface area contributed by atoms with Crippen LogP contribution < -0.4 is 0 Å². The summed E-state index contributed by atoms with van der Waals surface area (Å²) in [6, 6.07) is 0. The van der Waals surface area contributed by atoms with Crippen LogP contribution in [-0.2, 0) is 19.0 Å². The first-order chi connectivity index (χ1) is 19.7. The van der Waals surface area contributed by atoms with E-state index in [1.165, 1.54) is 70.6 Å². The minimum absolute atomic E-state index is 0.000758. The lowest BCUT2D eigenvalue weighted by atomic mass is 9.39. The number of esters is 1. The van der Waals surface area contributed by atoms with Crippen LogP contribution in [0.5, 0.6) is 0 Å². The number of ether oxygens (including phenoxy) is 3. The van der Waals surface area contributed by atoms with Crippen molar-refractivity contribution in [3.05, 3.63) is 0 Å². The second kappa shape index (κ2) is 11.6. The normalized spacial score (nSPS) is 43.5. The number of carbonyl (C=O) groups is 1. The third-order valence-corrected chi connectivity index (χ3v) is 14.5. The predicted octanol–water partition coefficient (Wildman–Crippen LogP) is 10.1. The molecule has 4 nitrogen and oxygen atoms in total. The molecular weight excluding hydrogens is 520 g/mol. The van der Waals surface area contributed by atoms with Crippen molar-refractivity contribution in [3.8, 4) is 0 Å². The number of fused-ring (bicyclic) bond motifs is 3. The van der Waals surface area contributed by atoms with Gasteiger partial charge in [0.15, 0.2) is 0 Å².